The summed E-state index contributed by atoms with van der Waals surface area (Å²) >= 11 is 0. The summed E-state index contributed by atoms with van der Waals surface area (Å²) in [7, 11) is -3.18. The van der Waals surface area contributed by atoms with Gasteiger partial charge in [-0.15, -0.1) is 0 Å². The highest BCUT2D eigenvalue weighted by Gasteiger charge is 2.26. The smallest absolute Gasteiger partial charge is 0.254 e. The fraction of sp³-hybridized carbons (Fsp3) is 0.500. The second-order valence-corrected chi connectivity index (χ2v) is 7.33. The van der Waals surface area contributed by atoms with Gasteiger partial charge in [-0.05, 0) is 31.4 Å². The van der Waals surface area contributed by atoms with Crippen molar-refractivity contribution in [3.8, 4) is 0 Å². The van der Waals surface area contributed by atoms with Crippen LogP contribution in [0, 0.1) is 12.7 Å². The monoisotopic (exact) mass is 314 g/mol. The normalized spacial score (nSPS) is 17.7. The molecule has 0 bridgehead atoms. The van der Waals surface area contributed by atoms with Crippen molar-refractivity contribution in [1.82, 2.24) is 9.62 Å². The van der Waals surface area contributed by atoms with Gasteiger partial charge in [0.05, 0.1) is 11.8 Å². The van der Waals surface area contributed by atoms with Gasteiger partial charge in [0.2, 0.25) is 10.0 Å². The van der Waals surface area contributed by atoms with Gasteiger partial charge in [0.15, 0.2) is 0 Å². The van der Waals surface area contributed by atoms with E-state index in [4.69, 9.17) is 0 Å². The molecule has 1 fully saturated rings. The Labute approximate surface area is 124 Å². The van der Waals surface area contributed by atoms with Crippen molar-refractivity contribution in [3.05, 3.63) is 35.1 Å². The lowest BCUT2D eigenvalue weighted by Gasteiger charge is -2.30. The summed E-state index contributed by atoms with van der Waals surface area (Å²) in [4.78, 5) is 12.1. The topological polar surface area (TPSA) is 66.5 Å². The number of amides is 1. The van der Waals surface area contributed by atoms with E-state index in [0.29, 0.717) is 31.5 Å². The van der Waals surface area contributed by atoms with Crippen molar-refractivity contribution < 1.29 is 17.6 Å². The van der Waals surface area contributed by atoms with Crippen LogP contribution < -0.4 is 5.32 Å². The lowest BCUT2D eigenvalue weighted by atomic mass is 10.1. The van der Waals surface area contributed by atoms with Gasteiger partial charge in [-0.2, -0.15) is 0 Å². The number of nitrogens with zero attached hydrogens (tertiary/aromatic N) is 1. The average molecular weight is 314 g/mol. The molecule has 21 heavy (non-hydrogen) atoms. The molecular formula is C14H19FN2O3S. The third-order valence-electron chi connectivity index (χ3n) is 3.69. The lowest BCUT2D eigenvalue weighted by molar-refractivity contribution is 0.0919. The van der Waals surface area contributed by atoms with Crippen molar-refractivity contribution in [1.29, 1.82) is 0 Å². The Kier molecular flexibility index (Phi) is 4.63. The fourth-order valence-corrected chi connectivity index (χ4v) is 3.29. The summed E-state index contributed by atoms with van der Waals surface area (Å²) in [6.45, 7) is 2.36. The van der Waals surface area contributed by atoms with Gasteiger partial charge in [0.25, 0.3) is 5.91 Å². The molecule has 2 rings (SSSR count). The van der Waals surface area contributed by atoms with Crippen LogP contribution in [0.1, 0.15) is 28.8 Å². The molecule has 1 aliphatic rings. The van der Waals surface area contributed by atoms with Crippen LogP contribution >= 0.6 is 0 Å². The van der Waals surface area contributed by atoms with Crippen LogP contribution in [-0.4, -0.2) is 44.0 Å². The summed E-state index contributed by atoms with van der Waals surface area (Å²) in [5, 5.41) is 2.77. The van der Waals surface area contributed by atoms with Gasteiger partial charge < -0.3 is 5.32 Å². The first kappa shape index (κ1) is 15.9. The van der Waals surface area contributed by atoms with E-state index in [1.54, 1.807) is 19.1 Å². The van der Waals surface area contributed by atoms with Gasteiger partial charge in [0, 0.05) is 19.1 Å². The molecule has 1 aromatic rings. The zero-order chi connectivity index (χ0) is 15.6. The Morgan fingerprint density at radius 2 is 1.95 bits per heavy atom. The minimum atomic E-state index is -3.18. The van der Waals surface area contributed by atoms with E-state index in [9.17, 15) is 17.6 Å². The third kappa shape index (κ3) is 3.79. The number of hydrogen-bond acceptors (Lipinski definition) is 3. The number of benzene rings is 1. The minimum absolute atomic E-state index is 0.0283. The Morgan fingerprint density at radius 1 is 1.33 bits per heavy atom. The molecule has 7 heteroatoms. The van der Waals surface area contributed by atoms with E-state index in [1.807, 2.05) is 0 Å². The quantitative estimate of drug-likeness (QED) is 0.914. The highest BCUT2D eigenvalue weighted by molar-refractivity contribution is 7.88. The van der Waals surface area contributed by atoms with E-state index in [-0.39, 0.29) is 11.6 Å². The molecule has 0 atom stereocenters. The molecule has 0 spiro atoms. The van der Waals surface area contributed by atoms with E-state index in [0.717, 1.165) is 0 Å². The summed E-state index contributed by atoms with van der Waals surface area (Å²) in [6.07, 6.45) is 2.24. The Morgan fingerprint density at radius 3 is 2.52 bits per heavy atom. The molecular weight excluding hydrogens is 295 g/mol. The van der Waals surface area contributed by atoms with Crippen LogP contribution in [0.15, 0.2) is 18.2 Å². The number of rotatable bonds is 3. The second-order valence-electron chi connectivity index (χ2n) is 5.35. The molecule has 1 aromatic carbocycles. The van der Waals surface area contributed by atoms with E-state index in [1.165, 1.54) is 16.6 Å². The zero-order valence-electron chi connectivity index (χ0n) is 12.1. The van der Waals surface area contributed by atoms with Gasteiger partial charge in [-0.3, -0.25) is 4.79 Å². The number of carbonyl (C=O) groups excluding carboxylic acids is 1. The largest absolute Gasteiger partial charge is 0.349 e. The maximum absolute atomic E-state index is 13.9. The van der Waals surface area contributed by atoms with Crippen molar-refractivity contribution in [3.63, 3.8) is 0 Å². The first-order valence-electron chi connectivity index (χ1n) is 6.80. The molecule has 0 unspecified atom stereocenters. The predicted octanol–water partition coefficient (Wildman–Crippen LogP) is 1.29. The van der Waals surface area contributed by atoms with E-state index in [2.05, 4.69) is 5.32 Å². The number of carbonyl (C=O) groups is 1. The summed E-state index contributed by atoms with van der Waals surface area (Å²) in [5.74, 6) is -0.961. The maximum Gasteiger partial charge on any atom is 0.254 e. The molecule has 0 radical (unpaired) electrons. The average Bonchev–Trinajstić information content (AvgIpc) is 2.41. The molecule has 1 heterocycles. The van der Waals surface area contributed by atoms with Crippen LogP contribution in [0.2, 0.25) is 0 Å². The van der Waals surface area contributed by atoms with Crippen LogP contribution in [0.5, 0.6) is 0 Å². The van der Waals surface area contributed by atoms with E-state index >= 15 is 0 Å². The van der Waals surface area contributed by atoms with Gasteiger partial charge >= 0.3 is 0 Å². The first-order chi connectivity index (χ1) is 9.79. The van der Waals surface area contributed by atoms with Crippen molar-refractivity contribution in [2.45, 2.75) is 25.8 Å². The van der Waals surface area contributed by atoms with Crippen LogP contribution in [0.4, 0.5) is 4.39 Å². The SMILES string of the molecule is Cc1cccc(C(=O)NC2CCN(S(C)(=O)=O)CC2)c1F. The standard InChI is InChI=1S/C14H19FN2O3S/c1-10-4-3-5-12(13(10)15)14(18)16-11-6-8-17(9-7-11)21(2,19)20/h3-5,11H,6-9H2,1-2H3,(H,16,18). The molecule has 1 saturated heterocycles. The zero-order valence-corrected chi connectivity index (χ0v) is 12.9. The number of sulfonamides is 1. The number of piperidine rings is 1. The molecule has 5 nitrogen and oxygen atoms in total. The van der Waals surface area contributed by atoms with Crippen molar-refractivity contribution in [2.75, 3.05) is 19.3 Å². The van der Waals surface area contributed by atoms with Crippen LogP contribution in [-0.2, 0) is 10.0 Å². The number of nitrogens with one attached hydrogen (secondary N) is 1. The highest BCUT2D eigenvalue weighted by atomic mass is 32.2. The Hall–Kier alpha value is -1.47. The number of aryl methyl sites for hydroxylation is 1. The molecule has 1 N–H and O–H groups in total. The fourth-order valence-electron chi connectivity index (χ4n) is 2.42. The number of hydrogen-bond donors (Lipinski definition) is 1. The second kappa shape index (κ2) is 6.11. The minimum Gasteiger partial charge on any atom is -0.349 e. The summed E-state index contributed by atoms with van der Waals surface area (Å²) in [6, 6.07) is 4.56. The predicted molar refractivity (Wildman–Crippen MR) is 78.0 cm³/mol. The molecule has 1 aliphatic heterocycles. The molecule has 0 aliphatic carbocycles. The molecule has 0 saturated carbocycles. The van der Waals surface area contributed by atoms with Crippen molar-refractivity contribution in [2.24, 2.45) is 0 Å². The summed E-state index contributed by atoms with van der Waals surface area (Å²) < 4.78 is 38.1. The summed E-state index contributed by atoms with van der Waals surface area (Å²) in [5.41, 5.74) is 0.454. The first-order valence-corrected chi connectivity index (χ1v) is 8.65. The Balaban J connectivity index is 1.98. The van der Waals surface area contributed by atoms with Crippen LogP contribution in [0.25, 0.3) is 0 Å². The highest BCUT2D eigenvalue weighted by Crippen LogP contribution is 2.16. The van der Waals surface area contributed by atoms with E-state index < -0.39 is 21.7 Å². The Bertz CT molecular complexity index is 638. The van der Waals surface area contributed by atoms with Gasteiger partial charge in [0.1, 0.15) is 5.82 Å². The van der Waals surface area contributed by atoms with Gasteiger partial charge in [-0.25, -0.2) is 17.1 Å². The lowest BCUT2D eigenvalue weighted by Crippen LogP contribution is -2.46. The molecule has 0 aromatic heterocycles. The number of halogens is 1. The third-order valence-corrected chi connectivity index (χ3v) is 5.00. The maximum atomic E-state index is 13.9. The molecule has 1 amide bonds. The van der Waals surface area contributed by atoms with Gasteiger partial charge in [-0.1, -0.05) is 12.1 Å². The van der Waals surface area contributed by atoms with Crippen molar-refractivity contribution >= 4 is 15.9 Å². The molecule has 116 valence electrons. The van der Waals surface area contributed by atoms with Crippen LogP contribution in [0.3, 0.4) is 0 Å².